The maximum Gasteiger partial charge on any atom is 0.276 e. The topological polar surface area (TPSA) is 62.7 Å². The van der Waals surface area contributed by atoms with Crippen molar-refractivity contribution in [3.05, 3.63) is 59.4 Å². The highest BCUT2D eigenvalue weighted by Gasteiger charge is 2.27. The number of hydrogen-bond acceptors (Lipinski definition) is 4. The molecule has 0 bridgehead atoms. The van der Waals surface area contributed by atoms with Crippen LogP contribution in [-0.4, -0.2) is 54.5 Å². The first kappa shape index (κ1) is 15.8. The van der Waals surface area contributed by atoms with Gasteiger partial charge in [0.1, 0.15) is 5.69 Å². The highest BCUT2D eigenvalue weighted by Crippen LogP contribution is 2.28. The molecule has 0 saturated carbocycles. The molecule has 0 radical (unpaired) electrons. The van der Waals surface area contributed by atoms with E-state index in [0.29, 0.717) is 44.1 Å². The predicted molar refractivity (Wildman–Crippen MR) is 92.8 cm³/mol. The zero-order valence-corrected chi connectivity index (χ0v) is 13.9. The molecule has 2 aromatic rings. The molecule has 2 amide bonds. The van der Waals surface area contributed by atoms with Crippen LogP contribution in [0.4, 0.5) is 5.69 Å². The van der Waals surface area contributed by atoms with E-state index in [1.807, 2.05) is 24.3 Å². The molecule has 1 fully saturated rings. The minimum atomic E-state index is -0.165. The van der Waals surface area contributed by atoms with Gasteiger partial charge in [0, 0.05) is 37.1 Å². The fraction of sp³-hybridized carbons (Fsp3) is 0.316. The van der Waals surface area contributed by atoms with Crippen LogP contribution in [0.1, 0.15) is 26.4 Å². The number of carbonyl (C=O) groups is 2. The molecule has 3 heterocycles. The number of ether oxygens (including phenoxy) is 1. The van der Waals surface area contributed by atoms with Gasteiger partial charge in [-0.2, -0.15) is 0 Å². The van der Waals surface area contributed by atoms with E-state index in [2.05, 4.69) is 4.98 Å². The Labute approximate surface area is 146 Å². The second-order valence-electron chi connectivity index (χ2n) is 6.17. The number of rotatable bonds is 2. The molecule has 128 valence electrons. The van der Waals surface area contributed by atoms with Crippen molar-refractivity contribution in [1.82, 2.24) is 9.88 Å². The van der Waals surface area contributed by atoms with Crippen LogP contribution in [0.5, 0.6) is 0 Å². The number of pyridine rings is 1. The van der Waals surface area contributed by atoms with Crippen LogP contribution in [0.2, 0.25) is 0 Å². The average Bonchev–Trinajstić information content (AvgIpc) is 3.12. The molecule has 0 unspecified atom stereocenters. The maximum absolute atomic E-state index is 12.9. The Hall–Kier alpha value is -2.73. The van der Waals surface area contributed by atoms with Gasteiger partial charge in [0.05, 0.1) is 13.2 Å². The largest absolute Gasteiger partial charge is 0.378 e. The number of para-hydroxylation sites is 1. The third-order valence-electron chi connectivity index (χ3n) is 4.66. The molecule has 1 aromatic heterocycles. The van der Waals surface area contributed by atoms with Gasteiger partial charge >= 0.3 is 0 Å². The summed E-state index contributed by atoms with van der Waals surface area (Å²) >= 11 is 0. The number of morpholine rings is 1. The van der Waals surface area contributed by atoms with Crippen molar-refractivity contribution in [1.29, 1.82) is 0 Å². The van der Waals surface area contributed by atoms with Gasteiger partial charge in [-0.15, -0.1) is 0 Å². The lowest BCUT2D eigenvalue weighted by molar-refractivity contribution is 0.0303. The summed E-state index contributed by atoms with van der Waals surface area (Å²) in [5.41, 5.74) is 2.89. The number of hydrogen-bond donors (Lipinski definition) is 0. The van der Waals surface area contributed by atoms with E-state index < -0.39 is 0 Å². The zero-order chi connectivity index (χ0) is 17.2. The quantitative estimate of drug-likeness (QED) is 0.838. The highest BCUT2D eigenvalue weighted by atomic mass is 16.5. The van der Waals surface area contributed by atoms with Crippen LogP contribution in [-0.2, 0) is 11.2 Å². The summed E-state index contributed by atoms with van der Waals surface area (Å²) in [4.78, 5) is 33.2. The Morgan fingerprint density at radius 1 is 1.00 bits per heavy atom. The van der Waals surface area contributed by atoms with Crippen LogP contribution in [0.3, 0.4) is 0 Å². The van der Waals surface area contributed by atoms with Crippen molar-refractivity contribution in [3.8, 4) is 0 Å². The number of benzene rings is 1. The number of nitrogens with zero attached hydrogens (tertiary/aromatic N) is 3. The molecule has 6 nitrogen and oxygen atoms in total. The normalized spacial score (nSPS) is 16.6. The molecule has 0 atom stereocenters. The van der Waals surface area contributed by atoms with Crippen LogP contribution in [0, 0.1) is 0 Å². The lowest BCUT2D eigenvalue weighted by Crippen LogP contribution is -2.40. The van der Waals surface area contributed by atoms with Crippen molar-refractivity contribution in [2.75, 3.05) is 37.7 Å². The Bertz CT molecular complexity index is 815. The molecule has 0 aliphatic carbocycles. The second-order valence-corrected chi connectivity index (χ2v) is 6.17. The highest BCUT2D eigenvalue weighted by molar-refractivity contribution is 6.07. The number of amides is 2. The molecule has 4 rings (SSSR count). The summed E-state index contributed by atoms with van der Waals surface area (Å²) in [5, 5.41) is 0. The molecule has 6 heteroatoms. The van der Waals surface area contributed by atoms with Crippen molar-refractivity contribution < 1.29 is 14.3 Å². The lowest BCUT2D eigenvalue weighted by atomic mass is 10.1. The van der Waals surface area contributed by atoms with Gasteiger partial charge in [0.25, 0.3) is 11.8 Å². The van der Waals surface area contributed by atoms with Crippen molar-refractivity contribution in [2.24, 2.45) is 0 Å². The van der Waals surface area contributed by atoms with E-state index in [-0.39, 0.29) is 11.8 Å². The maximum atomic E-state index is 12.9. The molecule has 25 heavy (non-hydrogen) atoms. The van der Waals surface area contributed by atoms with E-state index in [9.17, 15) is 9.59 Å². The predicted octanol–water partition coefficient (Wildman–Crippen LogP) is 1.76. The molecule has 1 aromatic carbocycles. The third-order valence-corrected chi connectivity index (χ3v) is 4.66. The lowest BCUT2D eigenvalue weighted by Gasteiger charge is -2.27. The van der Waals surface area contributed by atoms with Crippen LogP contribution in [0.25, 0.3) is 0 Å². The summed E-state index contributed by atoms with van der Waals surface area (Å²) in [6.45, 7) is 2.88. The summed E-state index contributed by atoms with van der Waals surface area (Å²) in [5.74, 6) is -0.247. The molecule has 0 N–H and O–H groups in total. The molecule has 2 aliphatic rings. The molecule has 1 saturated heterocycles. The minimum Gasteiger partial charge on any atom is -0.378 e. The molecule has 0 spiro atoms. The fourth-order valence-corrected chi connectivity index (χ4v) is 3.32. The first-order chi connectivity index (χ1) is 12.2. The SMILES string of the molecule is O=C(c1ccnc(C(=O)N2CCc3ccccc32)c1)N1CCOCC1. The second kappa shape index (κ2) is 6.64. The van der Waals surface area contributed by atoms with E-state index in [4.69, 9.17) is 4.74 Å². The molecular weight excluding hydrogens is 318 g/mol. The van der Waals surface area contributed by atoms with Crippen LogP contribution < -0.4 is 4.90 Å². The first-order valence-electron chi connectivity index (χ1n) is 8.47. The van der Waals surface area contributed by atoms with Gasteiger partial charge < -0.3 is 14.5 Å². The number of fused-ring (bicyclic) bond motifs is 1. The van der Waals surface area contributed by atoms with Crippen molar-refractivity contribution in [3.63, 3.8) is 0 Å². The minimum absolute atomic E-state index is 0.0819. The van der Waals surface area contributed by atoms with Gasteiger partial charge in [-0.25, -0.2) is 0 Å². The monoisotopic (exact) mass is 337 g/mol. The van der Waals surface area contributed by atoms with E-state index >= 15 is 0 Å². The number of aromatic nitrogens is 1. The third kappa shape index (κ3) is 3.00. The van der Waals surface area contributed by atoms with Gasteiger partial charge in [-0.1, -0.05) is 18.2 Å². The smallest absolute Gasteiger partial charge is 0.276 e. The standard InChI is InChI=1S/C19H19N3O3/c23-18(21-9-11-25-12-10-21)15-5-7-20-16(13-15)19(24)22-8-6-14-3-1-2-4-17(14)22/h1-5,7,13H,6,8-12H2. The van der Waals surface area contributed by atoms with Crippen LogP contribution >= 0.6 is 0 Å². The van der Waals surface area contributed by atoms with Crippen LogP contribution in [0.15, 0.2) is 42.6 Å². The van der Waals surface area contributed by atoms with Gasteiger partial charge in [-0.05, 0) is 30.2 Å². The fourth-order valence-electron chi connectivity index (χ4n) is 3.32. The van der Waals surface area contributed by atoms with Gasteiger partial charge in [0.2, 0.25) is 0 Å². The first-order valence-corrected chi connectivity index (χ1v) is 8.47. The summed E-state index contributed by atoms with van der Waals surface area (Å²) < 4.78 is 5.28. The number of anilines is 1. The Balaban J connectivity index is 1.57. The van der Waals surface area contributed by atoms with E-state index in [1.165, 1.54) is 6.20 Å². The Kier molecular flexibility index (Phi) is 4.19. The summed E-state index contributed by atoms with van der Waals surface area (Å²) in [7, 11) is 0. The van der Waals surface area contributed by atoms with Gasteiger partial charge in [0.15, 0.2) is 0 Å². The summed E-state index contributed by atoms with van der Waals surface area (Å²) in [6.07, 6.45) is 2.37. The van der Waals surface area contributed by atoms with E-state index in [0.717, 1.165) is 17.7 Å². The zero-order valence-electron chi connectivity index (χ0n) is 13.9. The number of carbonyl (C=O) groups excluding carboxylic acids is 2. The van der Waals surface area contributed by atoms with Gasteiger partial charge in [-0.3, -0.25) is 14.6 Å². The van der Waals surface area contributed by atoms with E-state index in [1.54, 1.807) is 21.9 Å². The molecular formula is C19H19N3O3. The Morgan fingerprint density at radius 3 is 2.64 bits per heavy atom. The van der Waals surface area contributed by atoms with Crippen molar-refractivity contribution >= 4 is 17.5 Å². The molecule has 2 aliphatic heterocycles. The summed E-state index contributed by atoms with van der Waals surface area (Å²) in [6, 6.07) is 11.1. The average molecular weight is 337 g/mol. The van der Waals surface area contributed by atoms with Crippen molar-refractivity contribution in [2.45, 2.75) is 6.42 Å². The Morgan fingerprint density at radius 2 is 1.80 bits per heavy atom.